The van der Waals surface area contributed by atoms with Gasteiger partial charge in [0.25, 0.3) is 0 Å². The van der Waals surface area contributed by atoms with Crippen molar-refractivity contribution in [1.29, 1.82) is 0 Å². The molecule has 0 saturated heterocycles. The van der Waals surface area contributed by atoms with Crippen LogP contribution in [0.25, 0.3) is 0 Å². The Labute approximate surface area is 137 Å². The summed E-state index contributed by atoms with van der Waals surface area (Å²) in [6.07, 6.45) is 3.37. The van der Waals surface area contributed by atoms with Gasteiger partial charge in [0.1, 0.15) is 0 Å². The van der Waals surface area contributed by atoms with Gasteiger partial charge in [-0.05, 0) is 37.1 Å². The molecule has 0 saturated carbocycles. The summed E-state index contributed by atoms with van der Waals surface area (Å²) in [6, 6.07) is 17.7. The fourth-order valence-electron chi connectivity index (χ4n) is 2.45. The first-order valence-corrected chi connectivity index (χ1v) is 9.07. The van der Waals surface area contributed by atoms with Crippen molar-refractivity contribution in [3.63, 3.8) is 0 Å². The molecule has 0 aliphatic heterocycles. The van der Waals surface area contributed by atoms with E-state index in [-0.39, 0.29) is 17.1 Å². The number of hydrogen-bond acceptors (Lipinski definition) is 3. The Morgan fingerprint density at radius 3 is 2.13 bits per heavy atom. The van der Waals surface area contributed by atoms with Crippen molar-refractivity contribution in [2.45, 2.75) is 29.9 Å². The molecular weight excluding hydrogens is 308 g/mol. The van der Waals surface area contributed by atoms with E-state index in [4.69, 9.17) is 0 Å². The monoisotopic (exact) mass is 328 g/mol. The lowest BCUT2D eigenvalue weighted by Gasteiger charge is -2.17. The van der Waals surface area contributed by atoms with Crippen LogP contribution in [-0.2, 0) is 21.1 Å². The van der Waals surface area contributed by atoms with Crippen LogP contribution in [0.15, 0.2) is 77.7 Å². The molecule has 0 N–H and O–H groups in total. The van der Waals surface area contributed by atoms with E-state index in [1.165, 1.54) is 6.08 Å². The molecule has 0 spiro atoms. The van der Waals surface area contributed by atoms with Gasteiger partial charge in [-0.2, -0.15) is 0 Å². The molecule has 0 amide bonds. The van der Waals surface area contributed by atoms with Crippen LogP contribution < -0.4 is 0 Å². The quantitative estimate of drug-likeness (QED) is 0.730. The van der Waals surface area contributed by atoms with Gasteiger partial charge in [0.2, 0.25) is 0 Å². The molecule has 3 nitrogen and oxygen atoms in total. The summed E-state index contributed by atoms with van der Waals surface area (Å²) in [7, 11) is -3.57. The standard InChI is InChI=1S/C19H20O3S/c1-2-9-17(20)15-19(14-16-10-5-3-6-11-16)23(21,22)18-12-7-4-8-13-18/h2-13,19H,14-15H2,1H3/b9-2+. The third-order valence-electron chi connectivity index (χ3n) is 3.60. The van der Waals surface area contributed by atoms with E-state index in [2.05, 4.69) is 0 Å². The Balaban J connectivity index is 2.34. The highest BCUT2D eigenvalue weighted by atomic mass is 32.2. The van der Waals surface area contributed by atoms with E-state index in [1.807, 2.05) is 30.3 Å². The van der Waals surface area contributed by atoms with E-state index >= 15 is 0 Å². The number of allylic oxidation sites excluding steroid dienone is 2. The maximum absolute atomic E-state index is 12.9. The normalized spacial score (nSPS) is 13.1. The van der Waals surface area contributed by atoms with Gasteiger partial charge >= 0.3 is 0 Å². The average Bonchev–Trinajstić information content (AvgIpc) is 2.56. The van der Waals surface area contributed by atoms with Crippen LogP contribution in [0.4, 0.5) is 0 Å². The van der Waals surface area contributed by atoms with Gasteiger partial charge in [-0.25, -0.2) is 8.42 Å². The topological polar surface area (TPSA) is 51.2 Å². The van der Waals surface area contributed by atoms with Gasteiger partial charge in [0, 0.05) is 6.42 Å². The van der Waals surface area contributed by atoms with Crippen molar-refractivity contribution in [2.75, 3.05) is 0 Å². The first-order chi connectivity index (χ1) is 11.0. The SMILES string of the molecule is C/C=C/C(=O)CC(Cc1ccccc1)S(=O)(=O)c1ccccc1. The number of carbonyl (C=O) groups is 1. The Bertz CT molecular complexity index is 763. The lowest BCUT2D eigenvalue weighted by molar-refractivity contribution is -0.114. The molecule has 0 aliphatic carbocycles. The van der Waals surface area contributed by atoms with Crippen LogP contribution in [0.3, 0.4) is 0 Å². The van der Waals surface area contributed by atoms with Crippen LogP contribution in [0.5, 0.6) is 0 Å². The highest BCUT2D eigenvalue weighted by Gasteiger charge is 2.29. The first kappa shape index (κ1) is 17.2. The first-order valence-electron chi connectivity index (χ1n) is 7.52. The fraction of sp³-hybridized carbons (Fsp3) is 0.211. The van der Waals surface area contributed by atoms with E-state index in [0.717, 1.165) is 5.56 Å². The van der Waals surface area contributed by atoms with Gasteiger partial charge in [-0.15, -0.1) is 0 Å². The number of rotatable bonds is 7. The highest BCUT2D eigenvalue weighted by molar-refractivity contribution is 7.92. The van der Waals surface area contributed by atoms with Crippen molar-refractivity contribution in [1.82, 2.24) is 0 Å². The number of ketones is 1. The molecule has 1 atom stereocenters. The van der Waals surface area contributed by atoms with Crippen LogP contribution >= 0.6 is 0 Å². The van der Waals surface area contributed by atoms with Crippen molar-refractivity contribution in [3.8, 4) is 0 Å². The molecule has 4 heteroatoms. The second-order valence-corrected chi connectivity index (χ2v) is 7.57. The Morgan fingerprint density at radius 1 is 1.00 bits per heavy atom. The molecule has 2 aromatic rings. The molecule has 0 aliphatic rings. The summed E-state index contributed by atoms with van der Waals surface area (Å²) in [5.74, 6) is -0.173. The summed E-state index contributed by atoms with van der Waals surface area (Å²) < 4.78 is 25.8. The van der Waals surface area contributed by atoms with Gasteiger partial charge in [-0.1, -0.05) is 54.6 Å². The summed E-state index contributed by atoms with van der Waals surface area (Å²) in [5, 5.41) is -0.768. The maximum atomic E-state index is 12.9. The van der Waals surface area contributed by atoms with Gasteiger partial charge in [0.15, 0.2) is 15.6 Å². The third kappa shape index (κ3) is 4.63. The van der Waals surface area contributed by atoms with Gasteiger partial charge in [-0.3, -0.25) is 4.79 Å². The van der Waals surface area contributed by atoms with Crippen LogP contribution in [0, 0.1) is 0 Å². The summed E-state index contributed by atoms with van der Waals surface area (Å²) in [6.45, 7) is 1.75. The van der Waals surface area contributed by atoms with Gasteiger partial charge < -0.3 is 0 Å². The van der Waals surface area contributed by atoms with E-state index in [0.29, 0.717) is 6.42 Å². The summed E-state index contributed by atoms with van der Waals surface area (Å²) in [4.78, 5) is 12.2. The Hall–Kier alpha value is -2.20. The van der Waals surface area contributed by atoms with E-state index in [9.17, 15) is 13.2 Å². The zero-order valence-corrected chi connectivity index (χ0v) is 13.9. The smallest absolute Gasteiger partial charge is 0.182 e. The van der Waals surface area contributed by atoms with Crippen LogP contribution in [-0.4, -0.2) is 19.5 Å². The second-order valence-electron chi connectivity index (χ2n) is 5.34. The van der Waals surface area contributed by atoms with Crippen LogP contribution in [0.2, 0.25) is 0 Å². The molecular formula is C19H20O3S. The molecule has 0 bridgehead atoms. The molecule has 0 radical (unpaired) electrons. The minimum Gasteiger partial charge on any atom is -0.295 e. The Kier molecular flexibility index (Phi) is 5.88. The molecule has 0 heterocycles. The molecule has 23 heavy (non-hydrogen) atoms. The third-order valence-corrected chi connectivity index (χ3v) is 5.74. The minimum absolute atomic E-state index is 0.0174. The molecule has 120 valence electrons. The number of carbonyl (C=O) groups excluding carboxylic acids is 1. The maximum Gasteiger partial charge on any atom is 0.182 e. The van der Waals surface area contributed by atoms with Crippen LogP contribution in [0.1, 0.15) is 18.9 Å². The molecule has 2 rings (SSSR count). The fourth-order valence-corrected chi connectivity index (χ4v) is 4.17. The lowest BCUT2D eigenvalue weighted by atomic mass is 10.1. The second kappa shape index (κ2) is 7.88. The van der Waals surface area contributed by atoms with Crippen molar-refractivity contribution in [2.24, 2.45) is 0 Å². The van der Waals surface area contributed by atoms with Gasteiger partial charge in [0.05, 0.1) is 10.1 Å². The number of sulfone groups is 1. The lowest BCUT2D eigenvalue weighted by Crippen LogP contribution is -2.26. The molecule has 2 aromatic carbocycles. The predicted octanol–water partition coefficient (Wildman–Crippen LogP) is 3.61. The van der Waals surface area contributed by atoms with E-state index < -0.39 is 15.1 Å². The molecule has 0 fully saturated rings. The number of benzene rings is 2. The molecule has 0 aromatic heterocycles. The minimum atomic E-state index is -3.57. The summed E-state index contributed by atoms with van der Waals surface area (Å²) in [5.41, 5.74) is 0.908. The zero-order chi connectivity index (χ0) is 16.7. The largest absolute Gasteiger partial charge is 0.295 e. The van der Waals surface area contributed by atoms with Crippen molar-refractivity contribution >= 4 is 15.6 Å². The van der Waals surface area contributed by atoms with Crippen molar-refractivity contribution in [3.05, 3.63) is 78.4 Å². The average molecular weight is 328 g/mol. The Morgan fingerprint density at radius 2 is 1.57 bits per heavy atom. The highest BCUT2D eigenvalue weighted by Crippen LogP contribution is 2.22. The predicted molar refractivity (Wildman–Crippen MR) is 92.0 cm³/mol. The van der Waals surface area contributed by atoms with Crippen molar-refractivity contribution < 1.29 is 13.2 Å². The number of hydrogen-bond donors (Lipinski definition) is 0. The summed E-state index contributed by atoms with van der Waals surface area (Å²) >= 11 is 0. The van der Waals surface area contributed by atoms with E-state index in [1.54, 1.807) is 43.3 Å². The zero-order valence-electron chi connectivity index (χ0n) is 13.1. The molecule has 1 unspecified atom stereocenters.